The molecule has 0 unspecified atom stereocenters. The third-order valence-corrected chi connectivity index (χ3v) is 4.27. The van der Waals surface area contributed by atoms with Crippen LogP contribution in [0.2, 0.25) is 0 Å². The van der Waals surface area contributed by atoms with Gasteiger partial charge in [0.05, 0.1) is 6.04 Å². The van der Waals surface area contributed by atoms with Gasteiger partial charge in [-0.1, -0.05) is 6.07 Å². The molecule has 0 aliphatic carbocycles. The monoisotopic (exact) mass is 313 g/mol. The van der Waals surface area contributed by atoms with Crippen LogP contribution in [0, 0.1) is 0 Å². The van der Waals surface area contributed by atoms with E-state index in [0.29, 0.717) is 16.9 Å². The lowest BCUT2D eigenvalue weighted by atomic mass is 9.85. The molecule has 2 atom stereocenters. The van der Waals surface area contributed by atoms with Gasteiger partial charge in [-0.05, 0) is 45.0 Å². The number of rotatable bonds is 2. The number of carbonyl (C=O) groups excluding carboxylic acids is 1. The number of hydrogen-bond acceptors (Lipinski definition) is 4. The van der Waals surface area contributed by atoms with Crippen molar-refractivity contribution in [3.8, 4) is 5.75 Å². The van der Waals surface area contributed by atoms with Crippen LogP contribution >= 0.6 is 0 Å². The second-order valence-electron chi connectivity index (χ2n) is 6.35. The fraction of sp³-hybridized carbons (Fsp3) is 0.333. The summed E-state index contributed by atoms with van der Waals surface area (Å²) in [4.78, 5) is 23.9. The smallest absolute Gasteiger partial charge is 0.251 e. The number of aliphatic hydroxyl groups excluding tert-OH is 1. The first-order valence-electron chi connectivity index (χ1n) is 7.50. The average Bonchev–Trinajstić information content (AvgIpc) is 2.49. The maximum absolute atomic E-state index is 12.2. The van der Waals surface area contributed by atoms with Gasteiger partial charge in [0.25, 0.3) is 5.56 Å². The van der Waals surface area contributed by atoms with Crippen LogP contribution in [-0.2, 0) is 0 Å². The first-order chi connectivity index (χ1) is 10.8. The lowest BCUT2D eigenvalue weighted by molar-refractivity contribution is -0.0642. The predicted octanol–water partition coefficient (Wildman–Crippen LogP) is 2.17. The minimum Gasteiger partial charge on any atom is -0.485 e. The van der Waals surface area contributed by atoms with Crippen LogP contribution in [0.3, 0.4) is 0 Å². The Morgan fingerprint density at radius 1 is 1.26 bits per heavy atom. The Morgan fingerprint density at radius 3 is 2.65 bits per heavy atom. The summed E-state index contributed by atoms with van der Waals surface area (Å²) in [6, 6.07) is 9.35. The fourth-order valence-corrected chi connectivity index (χ4v) is 2.96. The van der Waals surface area contributed by atoms with E-state index in [4.69, 9.17) is 4.74 Å². The number of aromatic nitrogens is 1. The van der Waals surface area contributed by atoms with E-state index in [1.165, 1.54) is 17.6 Å². The van der Waals surface area contributed by atoms with E-state index < -0.39 is 17.7 Å². The minimum atomic E-state index is -0.933. The Kier molecular flexibility index (Phi) is 3.60. The van der Waals surface area contributed by atoms with E-state index in [2.05, 4.69) is 0 Å². The summed E-state index contributed by atoms with van der Waals surface area (Å²) in [6.07, 6.45) is 0.708. The molecule has 1 aromatic heterocycles. The third kappa shape index (κ3) is 2.57. The Morgan fingerprint density at radius 2 is 2.00 bits per heavy atom. The minimum absolute atomic E-state index is 0.0775. The lowest BCUT2D eigenvalue weighted by Crippen LogP contribution is -2.52. The van der Waals surface area contributed by atoms with Crippen molar-refractivity contribution in [1.29, 1.82) is 0 Å². The maximum atomic E-state index is 12.2. The van der Waals surface area contributed by atoms with Crippen molar-refractivity contribution in [3.63, 3.8) is 0 Å². The van der Waals surface area contributed by atoms with Gasteiger partial charge in [0.15, 0.2) is 5.78 Å². The van der Waals surface area contributed by atoms with Gasteiger partial charge in [-0.3, -0.25) is 9.59 Å². The maximum Gasteiger partial charge on any atom is 0.251 e. The highest BCUT2D eigenvalue weighted by Gasteiger charge is 2.44. The summed E-state index contributed by atoms with van der Waals surface area (Å²) in [7, 11) is 0. The summed E-state index contributed by atoms with van der Waals surface area (Å²) < 4.78 is 7.37. The van der Waals surface area contributed by atoms with Crippen molar-refractivity contribution in [2.24, 2.45) is 0 Å². The van der Waals surface area contributed by atoms with Crippen molar-refractivity contribution < 1.29 is 14.6 Å². The normalized spacial score (nSPS) is 22.1. The standard InChI is InChI=1S/C18H19NO4/c1-11(20)12-7-8-14-13(10-12)16(17(22)18(2,3)23-14)19-9-5-4-6-15(19)21/h4-10,16-17,22H,1-3H3/t16-,17+/m0/s1. The summed E-state index contributed by atoms with van der Waals surface area (Å²) in [5.74, 6) is 0.498. The number of Topliss-reactive ketones (excluding diaryl/α,β-unsaturated/α-hetero) is 1. The summed E-state index contributed by atoms with van der Waals surface area (Å²) >= 11 is 0. The fourth-order valence-electron chi connectivity index (χ4n) is 2.96. The number of fused-ring (bicyclic) bond motifs is 1. The van der Waals surface area contributed by atoms with E-state index in [0.717, 1.165) is 0 Å². The molecule has 2 aromatic rings. The summed E-state index contributed by atoms with van der Waals surface area (Å²) in [6.45, 7) is 5.04. The molecule has 1 aromatic carbocycles. The van der Waals surface area contributed by atoms with Crippen molar-refractivity contribution >= 4 is 5.78 Å². The second kappa shape index (κ2) is 5.35. The topological polar surface area (TPSA) is 68.5 Å². The largest absolute Gasteiger partial charge is 0.485 e. The quantitative estimate of drug-likeness (QED) is 0.863. The van der Waals surface area contributed by atoms with Crippen LogP contribution < -0.4 is 10.3 Å². The van der Waals surface area contributed by atoms with Gasteiger partial charge < -0.3 is 14.4 Å². The first kappa shape index (κ1) is 15.5. The van der Waals surface area contributed by atoms with Gasteiger partial charge in [0, 0.05) is 23.4 Å². The van der Waals surface area contributed by atoms with Crippen LogP contribution in [0.5, 0.6) is 5.75 Å². The molecule has 1 aliphatic heterocycles. The highest BCUT2D eigenvalue weighted by atomic mass is 16.5. The van der Waals surface area contributed by atoms with Gasteiger partial charge in [-0.15, -0.1) is 0 Å². The van der Waals surface area contributed by atoms with Gasteiger partial charge in [0.2, 0.25) is 0 Å². The van der Waals surface area contributed by atoms with Crippen molar-refractivity contribution in [2.45, 2.75) is 38.5 Å². The van der Waals surface area contributed by atoms with Gasteiger partial charge in [0.1, 0.15) is 17.5 Å². The zero-order valence-corrected chi connectivity index (χ0v) is 13.3. The van der Waals surface area contributed by atoms with E-state index in [9.17, 15) is 14.7 Å². The second-order valence-corrected chi connectivity index (χ2v) is 6.35. The Bertz CT molecular complexity index is 822. The molecular weight excluding hydrogens is 294 g/mol. The molecule has 3 rings (SSSR count). The van der Waals surface area contributed by atoms with E-state index >= 15 is 0 Å². The Balaban J connectivity index is 2.25. The zero-order chi connectivity index (χ0) is 16.8. The SMILES string of the molecule is CC(=O)c1ccc2c(c1)[C@H](n1ccccc1=O)[C@@H](O)C(C)(C)O2. The third-order valence-electron chi connectivity index (χ3n) is 4.27. The molecule has 1 aliphatic rings. The average molecular weight is 313 g/mol. The van der Waals surface area contributed by atoms with E-state index in [1.54, 1.807) is 50.4 Å². The first-order valence-corrected chi connectivity index (χ1v) is 7.50. The number of pyridine rings is 1. The highest BCUT2D eigenvalue weighted by Crippen LogP contribution is 2.41. The molecule has 5 nitrogen and oxygen atoms in total. The van der Waals surface area contributed by atoms with Crippen LogP contribution in [-0.4, -0.2) is 27.2 Å². The van der Waals surface area contributed by atoms with Crippen LogP contribution in [0.1, 0.15) is 42.7 Å². The van der Waals surface area contributed by atoms with Crippen molar-refractivity contribution in [3.05, 3.63) is 64.1 Å². The molecule has 0 fully saturated rings. The van der Waals surface area contributed by atoms with Crippen LogP contribution in [0.25, 0.3) is 0 Å². The lowest BCUT2D eigenvalue weighted by Gasteiger charge is -2.42. The molecule has 0 saturated carbocycles. The summed E-state index contributed by atoms with van der Waals surface area (Å²) in [5.41, 5.74) is 0.0875. The van der Waals surface area contributed by atoms with Crippen molar-refractivity contribution in [1.82, 2.24) is 4.57 Å². The van der Waals surface area contributed by atoms with Gasteiger partial charge >= 0.3 is 0 Å². The zero-order valence-electron chi connectivity index (χ0n) is 13.3. The van der Waals surface area contributed by atoms with Gasteiger partial charge in [-0.25, -0.2) is 0 Å². The van der Waals surface area contributed by atoms with Crippen LogP contribution in [0.4, 0.5) is 0 Å². The predicted molar refractivity (Wildman–Crippen MR) is 86.0 cm³/mol. The molecular formula is C18H19NO4. The number of benzene rings is 1. The number of ketones is 1. The molecule has 1 N–H and O–H groups in total. The number of ether oxygens (including phenoxy) is 1. The molecule has 0 bridgehead atoms. The van der Waals surface area contributed by atoms with Gasteiger partial charge in [-0.2, -0.15) is 0 Å². The molecule has 23 heavy (non-hydrogen) atoms. The number of hydrogen-bond donors (Lipinski definition) is 1. The number of carbonyl (C=O) groups is 1. The van der Waals surface area contributed by atoms with E-state index in [1.807, 2.05) is 0 Å². The Hall–Kier alpha value is -2.40. The molecule has 120 valence electrons. The Labute approximate surface area is 134 Å². The summed E-state index contributed by atoms with van der Waals surface area (Å²) in [5, 5.41) is 10.8. The highest BCUT2D eigenvalue weighted by molar-refractivity contribution is 5.94. The molecule has 0 saturated heterocycles. The number of aliphatic hydroxyl groups is 1. The number of nitrogens with zero attached hydrogens (tertiary/aromatic N) is 1. The molecule has 5 heteroatoms. The molecule has 0 radical (unpaired) electrons. The van der Waals surface area contributed by atoms with E-state index in [-0.39, 0.29) is 11.3 Å². The molecule has 0 amide bonds. The van der Waals surface area contributed by atoms with Crippen LogP contribution in [0.15, 0.2) is 47.4 Å². The van der Waals surface area contributed by atoms with Crippen molar-refractivity contribution in [2.75, 3.05) is 0 Å². The molecule has 2 heterocycles. The molecule has 0 spiro atoms.